The Labute approximate surface area is 149 Å². The molecule has 4 N–H and O–H groups in total. The highest BCUT2D eigenvalue weighted by Crippen LogP contribution is 2.48. The van der Waals surface area contributed by atoms with Crippen LogP contribution in [0.3, 0.4) is 0 Å². The summed E-state index contributed by atoms with van der Waals surface area (Å²) in [6.07, 6.45) is 2.78. The van der Waals surface area contributed by atoms with Crippen LogP contribution in [-0.4, -0.2) is 54.0 Å². The summed E-state index contributed by atoms with van der Waals surface area (Å²) in [6.45, 7) is -3.06. The van der Waals surface area contributed by atoms with E-state index < -0.39 is 18.9 Å². The van der Waals surface area contributed by atoms with Crippen LogP contribution in [0.1, 0.15) is 23.6 Å². The van der Waals surface area contributed by atoms with Crippen LogP contribution >= 0.6 is 6.72 Å². The summed E-state index contributed by atoms with van der Waals surface area (Å²) in [6, 6.07) is 0. The maximum atomic E-state index is 12.0. The molecule has 138 valence electrons. The average Bonchev–Trinajstić information content (AvgIpc) is 3.12. The molecule has 1 aliphatic carbocycles. The van der Waals surface area contributed by atoms with E-state index >= 15 is 0 Å². The third-order valence-electron chi connectivity index (χ3n) is 4.25. The van der Waals surface area contributed by atoms with Crippen LogP contribution in [0.4, 0.5) is 5.95 Å². The largest absolute Gasteiger partial charge is 0.382 e. The van der Waals surface area contributed by atoms with E-state index in [1.165, 1.54) is 7.11 Å². The first-order chi connectivity index (χ1) is 11.8. The maximum Gasteiger partial charge on any atom is 0.324 e. The Morgan fingerprint density at radius 2 is 2.32 bits per heavy atom. The van der Waals surface area contributed by atoms with Crippen molar-refractivity contribution in [1.82, 2.24) is 9.97 Å². The zero-order chi connectivity index (χ0) is 18.2. The summed E-state index contributed by atoms with van der Waals surface area (Å²) in [4.78, 5) is 28.6. The molecule has 1 aromatic heterocycles. The Morgan fingerprint density at radius 1 is 1.56 bits per heavy atom. The molecule has 25 heavy (non-hydrogen) atoms. The molecule has 1 aromatic rings. The van der Waals surface area contributed by atoms with E-state index in [1.807, 2.05) is 6.08 Å². The van der Waals surface area contributed by atoms with Gasteiger partial charge in [0.05, 0.1) is 30.1 Å². The minimum atomic E-state index is -3.33. The zero-order valence-electron chi connectivity index (χ0n) is 13.7. The molecule has 5 unspecified atom stereocenters. The number of nitrogen functional groups attached to an aromatic ring is 1. The summed E-state index contributed by atoms with van der Waals surface area (Å²) in [5, 5.41) is 0. The van der Waals surface area contributed by atoms with Crippen molar-refractivity contribution in [2.45, 2.75) is 30.7 Å². The number of rotatable bonds is 6. The molecule has 0 radical (unpaired) electrons. The number of methoxy groups -OCH3 is 1. The number of hydrogen-bond acceptors (Lipinski definition) is 8. The van der Waals surface area contributed by atoms with Crippen LogP contribution < -0.4 is 11.3 Å². The molecule has 1 saturated heterocycles. The lowest BCUT2D eigenvalue weighted by molar-refractivity contribution is -0.0333. The molecule has 5 atom stereocenters. The Kier molecular flexibility index (Phi) is 5.40. The lowest BCUT2D eigenvalue weighted by atomic mass is 9.97. The summed E-state index contributed by atoms with van der Waals surface area (Å²) >= 11 is 4.93. The third kappa shape index (κ3) is 3.85. The van der Waals surface area contributed by atoms with Crippen molar-refractivity contribution >= 4 is 30.5 Å². The van der Waals surface area contributed by atoms with Crippen molar-refractivity contribution in [1.29, 1.82) is 0 Å². The summed E-state index contributed by atoms with van der Waals surface area (Å²) in [5.74, 6) is -0.187. The van der Waals surface area contributed by atoms with E-state index in [9.17, 15) is 9.69 Å². The average molecular weight is 389 g/mol. The van der Waals surface area contributed by atoms with Gasteiger partial charge in [-0.15, -0.1) is 0 Å². The molecular formula is C14H20N3O6PS. The number of nitrogens with zero attached hydrogens (tertiary/aromatic N) is 1. The number of H-pyrrole nitrogens is 1. The van der Waals surface area contributed by atoms with Crippen LogP contribution in [0.2, 0.25) is 0 Å². The Balaban J connectivity index is 1.83. The Bertz CT molecular complexity index is 784. The molecule has 9 nitrogen and oxygen atoms in total. The molecule has 0 saturated carbocycles. The summed E-state index contributed by atoms with van der Waals surface area (Å²) in [5.41, 5.74) is 6.41. The second-order valence-electron chi connectivity index (χ2n) is 5.83. The summed E-state index contributed by atoms with van der Waals surface area (Å²) < 4.78 is 21.6. The van der Waals surface area contributed by atoms with E-state index in [0.717, 1.165) is 0 Å². The van der Waals surface area contributed by atoms with Gasteiger partial charge in [0.25, 0.3) is 5.56 Å². The van der Waals surface area contributed by atoms with Gasteiger partial charge in [-0.1, -0.05) is 12.2 Å². The first-order valence-corrected chi connectivity index (χ1v) is 10.2. The molecule has 3 rings (SSSR count). The second-order valence-corrected chi connectivity index (χ2v) is 8.73. The molecule has 0 bridgehead atoms. The van der Waals surface area contributed by atoms with Gasteiger partial charge in [-0.05, 0) is 11.8 Å². The predicted octanol–water partition coefficient (Wildman–Crippen LogP) is 0.515. The van der Waals surface area contributed by atoms with Crippen molar-refractivity contribution in [2.24, 2.45) is 0 Å². The SMILES string of the molecule is COCC1OC(C2C=Cc3c2nc(N)[nH]c3=O)CC1OP(O)(=S)OC. The van der Waals surface area contributed by atoms with E-state index in [2.05, 4.69) is 9.97 Å². The van der Waals surface area contributed by atoms with Crippen molar-refractivity contribution < 1.29 is 23.4 Å². The predicted molar refractivity (Wildman–Crippen MR) is 94.6 cm³/mol. The Morgan fingerprint density at radius 3 is 3.00 bits per heavy atom. The van der Waals surface area contributed by atoms with Gasteiger partial charge >= 0.3 is 6.72 Å². The molecule has 2 heterocycles. The highest BCUT2D eigenvalue weighted by atomic mass is 32.5. The van der Waals surface area contributed by atoms with E-state index in [0.29, 0.717) is 17.7 Å². The van der Waals surface area contributed by atoms with Gasteiger partial charge in [-0.2, -0.15) is 0 Å². The fourth-order valence-corrected chi connectivity index (χ4v) is 4.12. The maximum absolute atomic E-state index is 12.0. The second kappa shape index (κ2) is 7.24. The van der Waals surface area contributed by atoms with Gasteiger partial charge in [-0.25, -0.2) is 4.98 Å². The lowest BCUT2D eigenvalue weighted by Crippen LogP contribution is -2.28. The van der Waals surface area contributed by atoms with Crippen molar-refractivity contribution in [2.75, 3.05) is 26.6 Å². The highest BCUT2D eigenvalue weighted by molar-refractivity contribution is 8.07. The minimum absolute atomic E-state index is 0.0573. The smallest absolute Gasteiger partial charge is 0.324 e. The van der Waals surface area contributed by atoms with Crippen molar-refractivity contribution in [3.63, 3.8) is 0 Å². The van der Waals surface area contributed by atoms with Gasteiger partial charge in [0, 0.05) is 26.6 Å². The molecule has 0 amide bonds. The van der Waals surface area contributed by atoms with Crippen LogP contribution in [0.5, 0.6) is 0 Å². The molecule has 11 heteroatoms. The molecule has 0 aromatic carbocycles. The zero-order valence-corrected chi connectivity index (χ0v) is 15.5. The number of fused-ring (bicyclic) bond motifs is 1. The van der Waals surface area contributed by atoms with Crippen molar-refractivity contribution in [3.05, 3.63) is 27.7 Å². The molecule has 1 aliphatic heterocycles. The molecule has 2 aliphatic rings. The van der Waals surface area contributed by atoms with E-state index in [4.69, 9.17) is 36.1 Å². The summed E-state index contributed by atoms with van der Waals surface area (Å²) in [7, 11) is 2.85. The van der Waals surface area contributed by atoms with Gasteiger partial charge < -0.3 is 29.1 Å². The fourth-order valence-electron chi connectivity index (χ4n) is 3.14. The standard InChI is InChI=1S/C14H20N3O6PS/c1-20-6-11-10(23-24(19,25)21-2)5-9(22-11)7-3-4-8-12(7)16-14(15)17-13(8)18/h3-4,7,9-11H,5-6H2,1-2H3,(H,19,25)(H3,15,16,17,18). The molecule has 0 spiro atoms. The van der Waals surface area contributed by atoms with Gasteiger partial charge in [-0.3, -0.25) is 9.78 Å². The lowest BCUT2D eigenvalue weighted by Gasteiger charge is -2.22. The number of nitrogens with two attached hydrogens (primary N) is 1. The number of ether oxygens (including phenoxy) is 2. The topological polar surface area (TPSA) is 129 Å². The van der Waals surface area contributed by atoms with Gasteiger partial charge in [0.1, 0.15) is 6.10 Å². The molecule has 1 fully saturated rings. The number of hydrogen-bond donors (Lipinski definition) is 3. The number of nitrogens with one attached hydrogen (secondary N) is 1. The van der Waals surface area contributed by atoms with E-state index in [1.54, 1.807) is 13.2 Å². The van der Waals surface area contributed by atoms with Crippen LogP contribution in [0, 0.1) is 0 Å². The van der Waals surface area contributed by atoms with Crippen LogP contribution in [0.25, 0.3) is 6.08 Å². The van der Waals surface area contributed by atoms with Crippen molar-refractivity contribution in [3.8, 4) is 0 Å². The minimum Gasteiger partial charge on any atom is -0.382 e. The van der Waals surface area contributed by atoms with E-state index in [-0.39, 0.29) is 30.1 Å². The monoisotopic (exact) mass is 389 g/mol. The van der Waals surface area contributed by atoms with Crippen LogP contribution in [0.15, 0.2) is 10.9 Å². The number of aromatic nitrogens is 2. The molecular weight excluding hydrogens is 369 g/mol. The number of anilines is 1. The van der Waals surface area contributed by atoms with Gasteiger partial charge in [0.15, 0.2) is 0 Å². The quantitative estimate of drug-likeness (QED) is 0.596. The number of aromatic amines is 1. The first kappa shape index (κ1) is 18.7. The van der Waals surface area contributed by atoms with Crippen LogP contribution in [-0.2, 0) is 30.3 Å². The third-order valence-corrected chi connectivity index (χ3v) is 5.95. The normalized spacial score (nSPS) is 30.4. The van der Waals surface area contributed by atoms with Gasteiger partial charge in [0.2, 0.25) is 5.95 Å². The fraction of sp³-hybridized carbons (Fsp3) is 0.571. The first-order valence-electron chi connectivity index (χ1n) is 7.64. The Hall–Kier alpha value is -1.13. The highest BCUT2D eigenvalue weighted by Gasteiger charge is 2.43.